The lowest BCUT2D eigenvalue weighted by atomic mass is 10.1. The van der Waals surface area contributed by atoms with E-state index in [1.54, 1.807) is 30.3 Å². The van der Waals surface area contributed by atoms with Gasteiger partial charge in [-0.2, -0.15) is 5.26 Å². The zero-order valence-corrected chi connectivity index (χ0v) is 19.6. The second-order valence-corrected chi connectivity index (χ2v) is 7.18. The predicted octanol–water partition coefficient (Wildman–Crippen LogP) is 4.18. The number of amides is 1. The molecule has 0 unspecified atom stereocenters. The summed E-state index contributed by atoms with van der Waals surface area (Å²) in [6.07, 6.45) is 2.80. The normalized spacial score (nSPS) is 10.4. The molecule has 1 amide bonds. The van der Waals surface area contributed by atoms with Crippen LogP contribution in [0.25, 0.3) is 6.08 Å². The molecule has 0 aromatic heterocycles. The second kappa shape index (κ2) is 12.4. The van der Waals surface area contributed by atoms with Gasteiger partial charge in [0.05, 0.1) is 33.8 Å². The van der Waals surface area contributed by atoms with E-state index in [9.17, 15) is 9.59 Å². The van der Waals surface area contributed by atoms with Crippen molar-refractivity contribution in [3.05, 3.63) is 52.6 Å². The van der Waals surface area contributed by atoms with Crippen LogP contribution in [0.4, 0.5) is 5.69 Å². The number of ether oxygens (including phenoxy) is 4. The first-order valence-electron chi connectivity index (χ1n) is 9.92. The Morgan fingerprint density at radius 3 is 2.33 bits per heavy atom. The van der Waals surface area contributed by atoms with Crippen LogP contribution in [0.1, 0.15) is 17.5 Å². The minimum absolute atomic E-state index is 0.125. The van der Waals surface area contributed by atoms with E-state index in [1.807, 2.05) is 13.0 Å². The number of hydrogen-bond acceptors (Lipinski definition) is 7. The highest BCUT2D eigenvalue weighted by Crippen LogP contribution is 2.35. The highest BCUT2D eigenvalue weighted by Gasteiger charge is 2.18. The van der Waals surface area contributed by atoms with Crippen molar-refractivity contribution >= 4 is 35.2 Å². The average molecular weight is 473 g/mol. The Kier molecular flexibility index (Phi) is 9.58. The van der Waals surface area contributed by atoms with E-state index >= 15 is 0 Å². The van der Waals surface area contributed by atoms with Gasteiger partial charge in [0, 0.05) is 35.0 Å². The molecule has 0 spiro atoms. The van der Waals surface area contributed by atoms with Crippen LogP contribution in [0.3, 0.4) is 0 Å². The van der Waals surface area contributed by atoms with Gasteiger partial charge in [-0.1, -0.05) is 11.6 Å². The van der Waals surface area contributed by atoms with E-state index in [0.717, 1.165) is 5.56 Å². The first-order chi connectivity index (χ1) is 15.8. The number of benzene rings is 2. The molecule has 2 aromatic carbocycles. The van der Waals surface area contributed by atoms with Crippen molar-refractivity contribution < 1.29 is 28.5 Å². The third-order valence-electron chi connectivity index (χ3n) is 4.67. The first-order valence-corrected chi connectivity index (χ1v) is 10.3. The summed E-state index contributed by atoms with van der Waals surface area (Å²) in [5.41, 5.74) is 1.91. The Labute approximate surface area is 197 Å². The number of halogens is 1. The minimum atomic E-state index is -0.715. The molecule has 0 fully saturated rings. The fourth-order valence-corrected chi connectivity index (χ4v) is 3.07. The van der Waals surface area contributed by atoms with E-state index < -0.39 is 18.5 Å². The largest absolute Gasteiger partial charge is 0.496 e. The summed E-state index contributed by atoms with van der Waals surface area (Å²) in [5.74, 6) is 0.237. The van der Waals surface area contributed by atoms with Crippen molar-refractivity contribution in [1.29, 1.82) is 5.26 Å². The summed E-state index contributed by atoms with van der Waals surface area (Å²) in [6, 6.07) is 10.4. The van der Waals surface area contributed by atoms with Gasteiger partial charge in [0.25, 0.3) is 5.91 Å². The van der Waals surface area contributed by atoms with Crippen LogP contribution in [-0.2, 0) is 14.3 Å². The molecule has 0 radical (unpaired) electrons. The van der Waals surface area contributed by atoms with Crippen LogP contribution in [0.15, 0.2) is 36.4 Å². The van der Waals surface area contributed by atoms with Gasteiger partial charge in [0.2, 0.25) is 0 Å². The van der Waals surface area contributed by atoms with E-state index in [4.69, 9.17) is 35.8 Å². The maximum Gasteiger partial charge on any atom is 0.331 e. The maximum absolute atomic E-state index is 12.7. The quantitative estimate of drug-likeness (QED) is 0.378. The molecule has 174 valence electrons. The Morgan fingerprint density at radius 2 is 1.73 bits per heavy atom. The fraction of sp³-hybridized carbons (Fsp3) is 0.292. The number of anilines is 1. The van der Waals surface area contributed by atoms with Crippen LogP contribution in [0.5, 0.6) is 17.2 Å². The number of methoxy groups -OCH3 is 3. The fourth-order valence-electron chi connectivity index (χ4n) is 2.96. The number of aryl methyl sites for hydroxylation is 1. The molecular weight excluding hydrogens is 448 g/mol. The van der Waals surface area contributed by atoms with E-state index in [1.165, 1.54) is 38.4 Å². The molecule has 0 bridgehead atoms. The zero-order chi connectivity index (χ0) is 24.4. The zero-order valence-electron chi connectivity index (χ0n) is 18.9. The third kappa shape index (κ3) is 6.89. The first kappa shape index (κ1) is 25.6. The van der Waals surface area contributed by atoms with Crippen molar-refractivity contribution in [2.45, 2.75) is 13.3 Å². The van der Waals surface area contributed by atoms with E-state index in [-0.39, 0.29) is 13.0 Å². The molecule has 0 saturated carbocycles. The van der Waals surface area contributed by atoms with Crippen LogP contribution in [0.2, 0.25) is 5.02 Å². The maximum atomic E-state index is 12.7. The Bertz CT molecular complexity index is 1080. The van der Waals surface area contributed by atoms with Gasteiger partial charge in [-0.25, -0.2) is 4.79 Å². The van der Waals surface area contributed by atoms with Gasteiger partial charge < -0.3 is 23.8 Å². The summed E-state index contributed by atoms with van der Waals surface area (Å²) in [6.45, 7) is 1.48. The van der Waals surface area contributed by atoms with Gasteiger partial charge in [-0.3, -0.25) is 4.79 Å². The number of hydrogen-bond donors (Lipinski definition) is 0. The van der Waals surface area contributed by atoms with Crippen molar-refractivity contribution in [3.8, 4) is 23.3 Å². The number of esters is 1. The number of nitrogens with zero attached hydrogens (tertiary/aromatic N) is 2. The van der Waals surface area contributed by atoms with Crippen LogP contribution < -0.4 is 19.1 Å². The Morgan fingerprint density at radius 1 is 1.06 bits per heavy atom. The lowest BCUT2D eigenvalue weighted by Gasteiger charge is -2.22. The molecule has 0 atom stereocenters. The van der Waals surface area contributed by atoms with E-state index in [0.29, 0.717) is 33.5 Å². The number of rotatable bonds is 10. The molecule has 9 heteroatoms. The van der Waals surface area contributed by atoms with Gasteiger partial charge >= 0.3 is 5.97 Å². The SMILES string of the molecule is COc1cc(OC)c(OC)cc1/C=C/C(=O)OCC(=O)N(CCC#N)c1ccc(Cl)c(C)c1. The predicted molar refractivity (Wildman–Crippen MR) is 125 cm³/mol. The summed E-state index contributed by atoms with van der Waals surface area (Å²) >= 11 is 6.06. The molecule has 0 aliphatic carbocycles. The Hall–Kier alpha value is -3.70. The molecule has 0 heterocycles. The van der Waals surface area contributed by atoms with Crippen molar-refractivity contribution in [1.82, 2.24) is 0 Å². The topological polar surface area (TPSA) is 98.1 Å². The van der Waals surface area contributed by atoms with Crippen molar-refractivity contribution in [2.24, 2.45) is 0 Å². The molecular formula is C24H25ClN2O6. The molecule has 33 heavy (non-hydrogen) atoms. The van der Waals surface area contributed by atoms with Crippen LogP contribution >= 0.6 is 11.6 Å². The molecule has 2 rings (SSSR count). The summed E-state index contributed by atoms with van der Waals surface area (Å²) in [4.78, 5) is 26.3. The second-order valence-electron chi connectivity index (χ2n) is 6.78. The molecule has 2 aromatic rings. The van der Waals surface area contributed by atoms with Crippen molar-refractivity contribution in [3.63, 3.8) is 0 Å². The Balaban J connectivity index is 2.10. The molecule has 0 N–H and O–H groups in total. The van der Waals surface area contributed by atoms with Gasteiger partial charge in [-0.05, 0) is 42.8 Å². The third-order valence-corrected chi connectivity index (χ3v) is 5.10. The molecule has 8 nitrogen and oxygen atoms in total. The monoisotopic (exact) mass is 472 g/mol. The van der Waals surface area contributed by atoms with Gasteiger partial charge in [-0.15, -0.1) is 0 Å². The lowest BCUT2D eigenvalue weighted by Crippen LogP contribution is -2.35. The highest BCUT2D eigenvalue weighted by molar-refractivity contribution is 6.31. The molecule has 0 saturated heterocycles. The molecule has 0 aliphatic rings. The molecule has 0 aliphatic heterocycles. The number of nitriles is 1. The number of carbonyl (C=O) groups is 2. The average Bonchev–Trinajstić information content (AvgIpc) is 2.82. The highest BCUT2D eigenvalue weighted by atomic mass is 35.5. The minimum Gasteiger partial charge on any atom is -0.496 e. The van der Waals surface area contributed by atoms with Crippen LogP contribution in [-0.4, -0.2) is 46.4 Å². The van der Waals surface area contributed by atoms with Crippen LogP contribution in [0, 0.1) is 18.3 Å². The van der Waals surface area contributed by atoms with Gasteiger partial charge in [0.1, 0.15) is 5.75 Å². The smallest absolute Gasteiger partial charge is 0.331 e. The summed E-state index contributed by atoms with van der Waals surface area (Å²) in [5, 5.41) is 9.48. The summed E-state index contributed by atoms with van der Waals surface area (Å²) in [7, 11) is 4.49. The lowest BCUT2D eigenvalue weighted by molar-refractivity contribution is -0.142. The standard InChI is InChI=1S/C24H25ClN2O6/c1-16-12-18(7-8-19(16)25)27(11-5-10-26)23(28)15-33-24(29)9-6-17-13-21(31-3)22(32-4)14-20(17)30-2/h6-9,12-14H,5,11,15H2,1-4H3/b9-6+. The van der Waals surface area contributed by atoms with E-state index in [2.05, 4.69) is 0 Å². The summed E-state index contributed by atoms with van der Waals surface area (Å²) < 4.78 is 20.9. The van der Waals surface area contributed by atoms with Gasteiger partial charge in [0.15, 0.2) is 18.1 Å². The number of carbonyl (C=O) groups excluding carboxylic acids is 2. The van der Waals surface area contributed by atoms with Crippen molar-refractivity contribution in [2.75, 3.05) is 39.4 Å².